The van der Waals surface area contributed by atoms with E-state index in [2.05, 4.69) is 17.2 Å². The summed E-state index contributed by atoms with van der Waals surface area (Å²) in [4.78, 5) is 28.5. The van der Waals surface area contributed by atoms with Gasteiger partial charge in [0, 0.05) is 35.0 Å². The molecule has 3 aliphatic rings. The van der Waals surface area contributed by atoms with Gasteiger partial charge in [0.15, 0.2) is 0 Å². The first kappa shape index (κ1) is 25.2. The first-order chi connectivity index (χ1) is 16.0. The zero-order chi connectivity index (χ0) is 24.7. The summed E-state index contributed by atoms with van der Waals surface area (Å²) < 4.78 is 0. The third-order valence-corrected chi connectivity index (χ3v) is 8.67. The molecule has 34 heavy (non-hydrogen) atoms. The van der Waals surface area contributed by atoms with Gasteiger partial charge in [-0.25, -0.2) is 0 Å². The summed E-state index contributed by atoms with van der Waals surface area (Å²) >= 11 is 6.04. The second-order valence-corrected chi connectivity index (χ2v) is 11.7. The molecule has 2 aliphatic heterocycles. The highest BCUT2D eigenvalue weighted by Crippen LogP contribution is 2.46. The predicted molar refractivity (Wildman–Crippen MR) is 134 cm³/mol. The van der Waals surface area contributed by atoms with E-state index in [0.717, 1.165) is 44.2 Å². The smallest absolute Gasteiger partial charge is 0.249 e. The Morgan fingerprint density at radius 3 is 2.53 bits per heavy atom. The number of likely N-dealkylation sites (tertiary alicyclic amines) is 1. The SMILES string of the molecule is C=C(C)C(NC(=O)C1CCC2(CCCN2)C1)C(=O)N1CCC(O)(c2ccc(Cl)cc2)C(C)(C)C1. The Bertz CT molecular complexity index is 954. The molecule has 3 N–H and O–H groups in total. The molecule has 2 saturated heterocycles. The van der Waals surface area contributed by atoms with Crippen molar-refractivity contribution in [3.8, 4) is 0 Å². The lowest BCUT2D eigenvalue weighted by Crippen LogP contribution is -2.60. The number of nitrogens with one attached hydrogen (secondary N) is 2. The molecule has 6 nitrogen and oxygen atoms in total. The quantitative estimate of drug-likeness (QED) is 0.552. The number of benzene rings is 1. The van der Waals surface area contributed by atoms with Crippen molar-refractivity contribution in [2.45, 2.75) is 76.5 Å². The molecule has 1 spiro atoms. The highest BCUT2D eigenvalue weighted by atomic mass is 35.5. The van der Waals surface area contributed by atoms with Gasteiger partial charge in [0.2, 0.25) is 11.8 Å². The van der Waals surface area contributed by atoms with Gasteiger partial charge in [-0.05, 0) is 75.3 Å². The molecule has 7 heteroatoms. The predicted octanol–water partition coefficient (Wildman–Crippen LogP) is 3.77. The van der Waals surface area contributed by atoms with E-state index in [-0.39, 0.29) is 23.3 Å². The van der Waals surface area contributed by atoms with E-state index in [0.29, 0.717) is 30.1 Å². The third kappa shape index (κ3) is 4.65. The summed E-state index contributed by atoms with van der Waals surface area (Å²) in [6.45, 7) is 11.5. The number of piperidine rings is 1. The van der Waals surface area contributed by atoms with Gasteiger partial charge in [-0.2, -0.15) is 0 Å². The number of hydrogen-bond donors (Lipinski definition) is 3. The number of rotatable bonds is 5. The van der Waals surface area contributed by atoms with Crippen LogP contribution in [0.4, 0.5) is 0 Å². The topological polar surface area (TPSA) is 81.7 Å². The molecule has 0 bridgehead atoms. The molecule has 1 aromatic carbocycles. The fourth-order valence-corrected chi connectivity index (χ4v) is 6.34. The average Bonchev–Trinajstić information content (AvgIpc) is 3.43. The van der Waals surface area contributed by atoms with Gasteiger partial charge < -0.3 is 20.6 Å². The van der Waals surface area contributed by atoms with Crippen LogP contribution in [-0.4, -0.2) is 53.0 Å². The Morgan fingerprint density at radius 2 is 1.94 bits per heavy atom. The zero-order valence-electron chi connectivity index (χ0n) is 20.6. The number of aliphatic hydroxyl groups is 1. The highest BCUT2D eigenvalue weighted by Gasteiger charge is 2.50. The van der Waals surface area contributed by atoms with Crippen LogP contribution in [0.1, 0.15) is 64.9 Å². The second-order valence-electron chi connectivity index (χ2n) is 11.3. The number of carbonyl (C=O) groups excluding carboxylic acids is 2. The van der Waals surface area contributed by atoms with Crippen LogP contribution in [0.25, 0.3) is 0 Å². The van der Waals surface area contributed by atoms with E-state index in [1.54, 1.807) is 24.0 Å². The number of amides is 2. The van der Waals surface area contributed by atoms with Crippen LogP contribution >= 0.6 is 11.6 Å². The van der Waals surface area contributed by atoms with Gasteiger partial charge in [0.05, 0.1) is 5.60 Å². The lowest BCUT2D eigenvalue weighted by atomic mass is 9.66. The fourth-order valence-electron chi connectivity index (χ4n) is 6.22. The Morgan fingerprint density at radius 1 is 1.24 bits per heavy atom. The minimum atomic E-state index is -1.08. The summed E-state index contributed by atoms with van der Waals surface area (Å²) in [5, 5.41) is 18.9. The molecule has 2 heterocycles. The molecular formula is C27H38ClN3O3. The van der Waals surface area contributed by atoms with E-state index in [1.165, 1.54) is 0 Å². The lowest BCUT2D eigenvalue weighted by Gasteiger charge is -2.51. The van der Waals surface area contributed by atoms with Crippen molar-refractivity contribution in [2.24, 2.45) is 11.3 Å². The molecule has 186 valence electrons. The minimum Gasteiger partial charge on any atom is -0.384 e. The highest BCUT2D eigenvalue weighted by molar-refractivity contribution is 6.30. The molecule has 3 fully saturated rings. The van der Waals surface area contributed by atoms with Gasteiger partial charge in [0.1, 0.15) is 6.04 Å². The van der Waals surface area contributed by atoms with Crippen molar-refractivity contribution in [1.82, 2.24) is 15.5 Å². The van der Waals surface area contributed by atoms with E-state index in [4.69, 9.17) is 11.6 Å². The first-order valence-electron chi connectivity index (χ1n) is 12.4. The molecule has 2 amide bonds. The summed E-state index contributed by atoms with van der Waals surface area (Å²) in [5.74, 6) is -0.285. The Balaban J connectivity index is 1.44. The summed E-state index contributed by atoms with van der Waals surface area (Å²) in [6.07, 6.45) is 5.39. The summed E-state index contributed by atoms with van der Waals surface area (Å²) in [5.41, 5.74) is -0.142. The van der Waals surface area contributed by atoms with Gasteiger partial charge >= 0.3 is 0 Å². The standard InChI is InChI=1S/C27H38ClN3O3/c1-18(2)22(30-23(32)19-10-12-26(16-19)11-5-14-29-26)24(33)31-15-13-27(34,25(3,4)17-31)20-6-8-21(28)9-7-20/h6-9,19,22,29,34H,1,5,10-17H2,2-4H3,(H,30,32). The minimum absolute atomic E-state index is 0.0548. The van der Waals surface area contributed by atoms with E-state index >= 15 is 0 Å². The largest absolute Gasteiger partial charge is 0.384 e. The van der Waals surface area contributed by atoms with Crippen LogP contribution < -0.4 is 10.6 Å². The van der Waals surface area contributed by atoms with E-state index in [9.17, 15) is 14.7 Å². The Kier molecular flexibility index (Phi) is 6.89. The first-order valence-corrected chi connectivity index (χ1v) is 12.8. The van der Waals surface area contributed by atoms with Crippen molar-refractivity contribution in [3.05, 3.63) is 47.0 Å². The summed E-state index contributed by atoms with van der Waals surface area (Å²) in [6, 6.07) is 6.52. The fraction of sp³-hybridized carbons (Fsp3) is 0.630. The molecule has 1 aliphatic carbocycles. The van der Waals surface area contributed by atoms with Gasteiger partial charge in [0.25, 0.3) is 0 Å². The molecule has 1 aromatic rings. The van der Waals surface area contributed by atoms with Gasteiger partial charge in [-0.3, -0.25) is 9.59 Å². The van der Waals surface area contributed by atoms with Crippen LogP contribution in [0, 0.1) is 11.3 Å². The van der Waals surface area contributed by atoms with Crippen molar-refractivity contribution in [2.75, 3.05) is 19.6 Å². The van der Waals surface area contributed by atoms with Crippen molar-refractivity contribution < 1.29 is 14.7 Å². The van der Waals surface area contributed by atoms with Gasteiger partial charge in [-0.15, -0.1) is 0 Å². The van der Waals surface area contributed by atoms with Crippen LogP contribution in [0.5, 0.6) is 0 Å². The molecule has 4 atom stereocenters. The Hall–Kier alpha value is -1.89. The molecule has 1 saturated carbocycles. The monoisotopic (exact) mass is 487 g/mol. The maximum atomic E-state index is 13.6. The third-order valence-electron chi connectivity index (χ3n) is 8.42. The molecule has 4 rings (SSSR count). The second kappa shape index (κ2) is 9.29. The maximum absolute atomic E-state index is 13.6. The molecule has 0 radical (unpaired) electrons. The maximum Gasteiger partial charge on any atom is 0.249 e. The average molecular weight is 488 g/mol. The molecule has 4 unspecified atom stereocenters. The van der Waals surface area contributed by atoms with Crippen molar-refractivity contribution in [1.29, 1.82) is 0 Å². The molecule has 0 aromatic heterocycles. The number of hydrogen-bond acceptors (Lipinski definition) is 4. The Labute approximate surface area is 208 Å². The van der Waals surface area contributed by atoms with Crippen LogP contribution in [-0.2, 0) is 15.2 Å². The summed E-state index contributed by atoms with van der Waals surface area (Å²) in [7, 11) is 0. The van der Waals surface area contributed by atoms with E-state index < -0.39 is 17.1 Å². The number of halogens is 1. The van der Waals surface area contributed by atoms with Crippen molar-refractivity contribution in [3.63, 3.8) is 0 Å². The lowest BCUT2D eigenvalue weighted by molar-refractivity contribution is -0.155. The van der Waals surface area contributed by atoms with Crippen LogP contribution in [0.15, 0.2) is 36.4 Å². The van der Waals surface area contributed by atoms with E-state index in [1.807, 2.05) is 26.0 Å². The van der Waals surface area contributed by atoms with Crippen molar-refractivity contribution >= 4 is 23.4 Å². The molecular weight excluding hydrogens is 450 g/mol. The van der Waals surface area contributed by atoms with Crippen LogP contribution in [0.2, 0.25) is 5.02 Å². The number of carbonyl (C=O) groups is 2. The van der Waals surface area contributed by atoms with Crippen LogP contribution in [0.3, 0.4) is 0 Å². The van der Waals surface area contributed by atoms with Gasteiger partial charge in [-0.1, -0.05) is 44.2 Å². The normalized spacial score (nSPS) is 31.4. The zero-order valence-corrected chi connectivity index (χ0v) is 21.4. The number of nitrogens with zero attached hydrogens (tertiary/aromatic N) is 1.